The summed E-state index contributed by atoms with van der Waals surface area (Å²) in [6.45, 7) is 2.20. The summed E-state index contributed by atoms with van der Waals surface area (Å²) in [6.07, 6.45) is 2.94. The maximum absolute atomic E-state index is 10.6. The average Bonchev–Trinajstić information content (AvgIpc) is 2.83. The maximum atomic E-state index is 10.6. The molecule has 0 aliphatic heterocycles. The predicted molar refractivity (Wildman–Crippen MR) is 57.6 cm³/mol. The van der Waals surface area contributed by atoms with Crippen LogP contribution >= 0.6 is 11.3 Å². The molecule has 0 aliphatic carbocycles. The molecule has 2 aromatic heterocycles. The van der Waals surface area contributed by atoms with Crippen molar-refractivity contribution in [2.75, 3.05) is 5.32 Å². The third-order valence-electron chi connectivity index (χ3n) is 1.78. The minimum absolute atomic E-state index is 0.200. The number of oxazole rings is 1. The number of thiazole rings is 1. The Morgan fingerprint density at radius 3 is 2.94 bits per heavy atom. The Kier molecular flexibility index (Phi) is 2.86. The summed E-state index contributed by atoms with van der Waals surface area (Å²) in [5.41, 5.74) is 0. The van der Waals surface area contributed by atoms with Gasteiger partial charge in [-0.05, 0) is 6.92 Å². The molecule has 0 saturated heterocycles. The second kappa shape index (κ2) is 4.31. The van der Waals surface area contributed by atoms with Gasteiger partial charge in [-0.25, -0.2) is 14.8 Å². The van der Waals surface area contributed by atoms with Crippen LogP contribution in [0.1, 0.15) is 21.3 Å². The number of aromatic nitrogens is 2. The van der Waals surface area contributed by atoms with Crippen molar-refractivity contribution in [3.63, 3.8) is 0 Å². The van der Waals surface area contributed by atoms with Gasteiger partial charge in [-0.2, -0.15) is 0 Å². The molecule has 0 amide bonds. The van der Waals surface area contributed by atoms with Gasteiger partial charge in [0.1, 0.15) is 10.6 Å². The van der Waals surface area contributed by atoms with Crippen LogP contribution < -0.4 is 5.32 Å². The van der Waals surface area contributed by atoms with Crippen molar-refractivity contribution >= 4 is 22.4 Å². The summed E-state index contributed by atoms with van der Waals surface area (Å²) in [4.78, 5) is 18.7. The molecule has 0 aromatic carbocycles. The van der Waals surface area contributed by atoms with E-state index in [0.717, 1.165) is 17.1 Å². The SMILES string of the molecule is Cc1cnc(CNc2ncc(C(=O)O)s2)o1. The van der Waals surface area contributed by atoms with Gasteiger partial charge in [0.05, 0.1) is 18.9 Å². The molecule has 0 atom stereocenters. The zero-order valence-electron chi connectivity index (χ0n) is 8.43. The van der Waals surface area contributed by atoms with Crippen molar-refractivity contribution < 1.29 is 14.3 Å². The molecule has 0 radical (unpaired) electrons. The van der Waals surface area contributed by atoms with Crippen LogP contribution in [-0.4, -0.2) is 21.0 Å². The van der Waals surface area contributed by atoms with Gasteiger partial charge >= 0.3 is 5.97 Å². The fourth-order valence-corrected chi connectivity index (χ4v) is 1.74. The number of hydrogen-bond acceptors (Lipinski definition) is 6. The van der Waals surface area contributed by atoms with Crippen LogP contribution in [0, 0.1) is 6.92 Å². The molecule has 84 valence electrons. The van der Waals surface area contributed by atoms with E-state index in [9.17, 15) is 4.79 Å². The van der Waals surface area contributed by atoms with Crippen LogP contribution in [0.4, 0.5) is 5.13 Å². The molecule has 0 unspecified atom stereocenters. The molecule has 16 heavy (non-hydrogen) atoms. The third kappa shape index (κ3) is 2.37. The van der Waals surface area contributed by atoms with E-state index < -0.39 is 5.97 Å². The van der Waals surface area contributed by atoms with Gasteiger partial charge in [-0.1, -0.05) is 11.3 Å². The number of hydrogen-bond donors (Lipinski definition) is 2. The zero-order valence-corrected chi connectivity index (χ0v) is 9.24. The summed E-state index contributed by atoms with van der Waals surface area (Å²) in [5.74, 6) is 0.309. The van der Waals surface area contributed by atoms with Crippen molar-refractivity contribution in [1.29, 1.82) is 0 Å². The van der Waals surface area contributed by atoms with E-state index in [4.69, 9.17) is 9.52 Å². The van der Waals surface area contributed by atoms with Crippen molar-refractivity contribution in [3.05, 3.63) is 28.9 Å². The fraction of sp³-hybridized carbons (Fsp3) is 0.222. The molecule has 0 bridgehead atoms. The van der Waals surface area contributed by atoms with Crippen LogP contribution in [0.5, 0.6) is 0 Å². The lowest BCUT2D eigenvalue weighted by Crippen LogP contribution is -1.98. The van der Waals surface area contributed by atoms with E-state index in [1.54, 1.807) is 6.20 Å². The topological polar surface area (TPSA) is 88.2 Å². The highest BCUT2D eigenvalue weighted by Crippen LogP contribution is 2.18. The molecule has 2 rings (SSSR count). The molecule has 6 nitrogen and oxygen atoms in total. The number of carbonyl (C=O) groups is 1. The minimum Gasteiger partial charge on any atom is -0.477 e. The second-order valence-corrected chi connectivity index (χ2v) is 4.08. The number of anilines is 1. The first-order valence-electron chi connectivity index (χ1n) is 4.49. The van der Waals surface area contributed by atoms with E-state index in [0.29, 0.717) is 17.6 Å². The standard InChI is InChI=1S/C9H9N3O3S/c1-5-2-10-7(15-5)4-12-9-11-3-6(16-9)8(13)14/h2-3H,4H2,1H3,(H,11,12)(H,13,14). The van der Waals surface area contributed by atoms with Gasteiger partial charge in [0.2, 0.25) is 5.89 Å². The van der Waals surface area contributed by atoms with E-state index in [1.165, 1.54) is 6.20 Å². The molecule has 2 N–H and O–H groups in total. The number of nitrogens with one attached hydrogen (secondary N) is 1. The summed E-state index contributed by atoms with van der Waals surface area (Å²) in [5, 5.41) is 12.2. The molecular weight excluding hydrogens is 230 g/mol. The van der Waals surface area contributed by atoms with Crippen LogP contribution in [0.3, 0.4) is 0 Å². The lowest BCUT2D eigenvalue weighted by molar-refractivity contribution is 0.0702. The van der Waals surface area contributed by atoms with Crippen molar-refractivity contribution in [2.45, 2.75) is 13.5 Å². The lowest BCUT2D eigenvalue weighted by atomic mass is 10.6. The third-order valence-corrected chi connectivity index (χ3v) is 2.72. The largest absolute Gasteiger partial charge is 0.477 e. The molecule has 2 heterocycles. The summed E-state index contributed by atoms with van der Waals surface area (Å²) in [6, 6.07) is 0. The average molecular weight is 239 g/mol. The van der Waals surface area contributed by atoms with E-state index in [1.807, 2.05) is 6.92 Å². The number of rotatable bonds is 4. The molecule has 7 heteroatoms. The Morgan fingerprint density at radius 2 is 2.38 bits per heavy atom. The molecule has 2 aromatic rings. The predicted octanol–water partition coefficient (Wildman–Crippen LogP) is 1.75. The van der Waals surface area contributed by atoms with Gasteiger partial charge in [0.15, 0.2) is 5.13 Å². The van der Waals surface area contributed by atoms with Crippen LogP contribution in [0.15, 0.2) is 16.8 Å². The molecule has 0 aliphatic rings. The summed E-state index contributed by atoms with van der Waals surface area (Å²) < 4.78 is 5.25. The summed E-state index contributed by atoms with van der Waals surface area (Å²) in [7, 11) is 0. The van der Waals surface area contributed by atoms with Crippen molar-refractivity contribution in [2.24, 2.45) is 0 Å². The van der Waals surface area contributed by atoms with E-state index in [2.05, 4.69) is 15.3 Å². The number of nitrogens with zero attached hydrogens (tertiary/aromatic N) is 2. The minimum atomic E-state index is -0.975. The van der Waals surface area contributed by atoms with Gasteiger partial charge in [0.25, 0.3) is 0 Å². The van der Waals surface area contributed by atoms with Crippen LogP contribution in [-0.2, 0) is 6.54 Å². The lowest BCUT2D eigenvalue weighted by Gasteiger charge is -1.96. The second-order valence-electron chi connectivity index (χ2n) is 3.05. The van der Waals surface area contributed by atoms with Gasteiger partial charge in [0, 0.05) is 0 Å². The quantitative estimate of drug-likeness (QED) is 0.845. The monoisotopic (exact) mass is 239 g/mol. The Balaban J connectivity index is 1.97. The van der Waals surface area contributed by atoms with Gasteiger partial charge in [-0.15, -0.1) is 0 Å². The highest BCUT2D eigenvalue weighted by Gasteiger charge is 2.08. The van der Waals surface area contributed by atoms with Crippen molar-refractivity contribution in [3.8, 4) is 0 Å². The Bertz CT molecular complexity index is 506. The first-order valence-corrected chi connectivity index (χ1v) is 5.31. The van der Waals surface area contributed by atoms with Crippen LogP contribution in [0.25, 0.3) is 0 Å². The first kappa shape index (κ1) is 10.6. The van der Waals surface area contributed by atoms with Gasteiger partial charge in [-0.3, -0.25) is 0 Å². The maximum Gasteiger partial charge on any atom is 0.347 e. The van der Waals surface area contributed by atoms with Crippen molar-refractivity contribution in [1.82, 2.24) is 9.97 Å². The fourth-order valence-electron chi connectivity index (χ4n) is 1.09. The highest BCUT2D eigenvalue weighted by atomic mass is 32.1. The Morgan fingerprint density at radius 1 is 1.56 bits per heavy atom. The zero-order chi connectivity index (χ0) is 11.5. The number of aryl methyl sites for hydroxylation is 1. The molecule has 0 spiro atoms. The normalized spacial score (nSPS) is 10.3. The number of carboxylic acids is 1. The smallest absolute Gasteiger partial charge is 0.347 e. The Hall–Kier alpha value is -1.89. The van der Waals surface area contributed by atoms with Gasteiger partial charge < -0.3 is 14.8 Å². The van der Waals surface area contributed by atoms with E-state index in [-0.39, 0.29) is 4.88 Å². The Labute approximate surface area is 95.0 Å². The van der Waals surface area contributed by atoms with Crippen LogP contribution in [0.2, 0.25) is 0 Å². The molecular formula is C9H9N3O3S. The van der Waals surface area contributed by atoms with E-state index >= 15 is 0 Å². The first-order chi connectivity index (χ1) is 7.65. The molecule has 0 fully saturated rings. The number of carboxylic acid groups (broad SMARTS) is 1. The summed E-state index contributed by atoms with van der Waals surface area (Å²) >= 11 is 1.08. The molecule has 0 saturated carbocycles. The highest BCUT2D eigenvalue weighted by molar-refractivity contribution is 7.17. The number of aromatic carboxylic acids is 1.